The van der Waals surface area contributed by atoms with Gasteiger partial charge in [-0.05, 0) is 47.5 Å². The van der Waals surface area contributed by atoms with Crippen molar-refractivity contribution in [1.82, 2.24) is 4.98 Å². The minimum atomic E-state index is -0.185. The Morgan fingerprint density at radius 3 is 2.78 bits per heavy atom. The van der Waals surface area contributed by atoms with Crippen LogP contribution in [0, 0.1) is 19.7 Å². The summed E-state index contributed by atoms with van der Waals surface area (Å²) in [5.74, 6) is -0.185. The van der Waals surface area contributed by atoms with Gasteiger partial charge in [-0.25, -0.2) is 9.37 Å². The van der Waals surface area contributed by atoms with Crippen LogP contribution in [0.5, 0.6) is 0 Å². The highest BCUT2D eigenvalue weighted by Gasteiger charge is 2.03. The summed E-state index contributed by atoms with van der Waals surface area (Å²) in [5, 5.41) is 3.17. The number of aryl methyl sites for hydroxylation is 2. The summed E-state index contributed by atoms with van der Waals surface area (Å²) in [6, 6.07) is 7.09. The predicted molar refractivity (Wildman–Crippen MR) is 75.1 cm³/mol. The molecule has 0 bridgehead atoms. The topological polar surface area (TPSA) is 24.9 Å². The first-order chi connectivity index (χ1) is 8.56. The van der Waals surface area contributed by atoms with E-state index in [2.05, 4.69) is 26.2 Å². The molecule has 2 rings (SSSR count). The van der Waals surface area contributed by atoms with Gasteiger partial charge in [0.05, 0.1) is 11.9 Å². The maximum absolute atomic E-state index is 13.6. The summed E-state index contributed by atoms with van der Waals surface area (Å²) in [7, 11) is 0. The molecular weight excluding hydrogens is 295 g/mol. The van der Waals surface area contributed by atoms with Crippen molar-refractivity contribution in [1.29, 1.82) is 0 Å². The van der Waals surface area contributed by atoms with Crippen molar-refractivity contribution in [3.63, 3.8) is 0 Å². The van der Waals surface area contributed by atoms with Crippen molar-refractivity contribution in [2.24, 2.45) is 0 Å². The fraction of sp³-hybridized carbons (Fsp3) is 0.214. The second-order valence-corrected chi connectivity index (χ2v) is 5.03. The number of nitrogens with one attached hydrogen (secondary N) is 1. The molecule has 94 valence electrons. The lowest BCUT2D eigenvalue weighted by Crippen LogP contribution is -2.03. The van der Waals surface area contributed by atoms with Crippen LogP contribution in [0.25, 0.3) is 0 Å². The molecule has 1 aromatic heterocycles. The lowest BCUT2D eigenvalue weighted by Gasteiger charge is -2.09. The quantitative estimate of drug-likeness (QED) is 0.859. The fourth-order valence-electron chi connectivity index (χ4n) is 1.69. The minimum absolute atomic E-state index is 0.185. The Hall–Kier alpha value is -1.42. The van der Waals surface area contributed by atoms with Gasteiger partial charge in [0.2, 0.25) is 0 Å². The Kier molecular flexibility index (Phi) is 3.97. The number of anilines is 1. The third-order valence-corrected chi connectivity index (χ3v) is 3.53. The standard InChI is InChI=1S/C14H14BrFN2/c1-9-3-4-13(16)11(5-9)7-17-12-6-10(2)14(15)18-8-12/h3-6,8,17H,7H2,1-2H3. The van der Waals surface area contributed by atoms with E-state index in [1.54, 1.807) is 12.3 Å². The number of hydrogen-bond acceptors (Lipinski definition) is 2. The number of pyridine rings is 1. The van der Waals surface area contributed by atoms with Gasteiger partial charge in [-0.1, -0.05) is 17.7 Å². The molecule has 1 aromatic carbocycles. The number of aromatic nitrogens is 1. The van der Waals surface area contributed by atoms with Crippen molar-refractivity contribution in [3.8, 4) is 0 Å². The SMILES string of the molecule is Cc1ccc(F)c(CNc2cnc(Br)c(C)c2)c1. The van der Waals surface area contributed by atoms with Crippen molar-refractivity contribution < 1.29 is 4.39 Å². The Morgan fingerprint density at radius 2 is 2.06 bits per heavy atom. The van der Waals surface area contributed by atoms with Crippen molar-refractivity contribution in [2.45, 2.75) is 20.4 Å². The van der Waals surface area contributed by atoms with Gasteiger partial charge in [0.1, 0.15) is 10.4 Å². The molecule has 1 N–H and O–H groups in total. The van der Waals surface area contributed by atoms with Crippen LogP contribution in [-0.4, -0.2) is 4.98 Å². The lowest BCUT2D eigenvalue weighted by molar-refractivity contribution is 0.612. The monoisotopic (exact) mass is 308 g/mol. The highest BCUT2D eigenvalue weighted by molar-refractivity contribution is 9.10. The number of rotatable bonds is 3. The summed E-state index contributed by atoms with van der Waals surface area (Å²) in [5.41, 5.74) is 3.65. The molecule has 0 aliphatic rings. The molecule has 0 spiro atoms. The molecule has 0 fully saturated rings. The van der Waals surface area contributed by atoms with E-state index in [1.807, 2.05) is 26.0 Å². The van der Waals surface area contributed by atoms with Crippen molar-refractivity contribution in [2.75, 3.05) is 5.32 Å². The smallest absolute Gasteiger partial charge is 0.128 e. The summed E-state index contributed by atoms with van der Waals surface area (Å²) >= 11 is 3.35. The van der Waals surface area contributed by atoms with Gasteiger partial charge >= 0.3 is 0 Å². The molecule has 0 amide bonds. The summed E-state index contributed by atoms with van der Waals surface area (Å²) in [6.07, 6.45) is 1.73. The van der Waals surface area contributed by atoms with Gasteiger partial charge in [-0.15, -0.1) is 0 Å². The maximum atomic E-state index is 13.6. The molecule has 0 saturated carbocycles. The Labute approximate surface area is 114 Å². The second kappa shape index (κ2) is 5.48. The summed E-state index contributed by atoms with van der Waals surface area (Å²) < 4.78 is 14.4. The van der Waals surface area contributed by atoms with E-state index in [1.165, 1.54) is 6.07 Å². The molecule has 0 saturated heterocycles. The van der Waals surface area contributed by atoms with Crippen LogP contribution in [0.15, 0.2) is 35.1 Å². The van der Waals surface area contributed by atoms with Gasteiger partial charge in [0.15, 0.2) is 0 Å². The van der Waals surface area contributed by atoms with Crippen molar-refractivity contribution in [3.05, 3.63) is 57.6 Å². The zero-order valence-corrected chi connectivity index (χ0v) is 11.9. The van der Waals surface area contributed by atoms with E-state index in [0.29, 0.717) is 12.1 Å². The van der Waals surface area contributed by atoms with E-state index in [9.17, 15) is 4.39 Å². The number of benzene rings is 1. The van der Waals surface area contributed by atoms with Crippen LogP contribution in [-0.2, 0) is 6.54 Å². The molecule has 2 aromatic rings. The van der Waals surface area contributed by atoms with Crippen LogP contribution in [0.2, 0.25) is 0 Å². The second-order valence-electron chi connectivity index (χ2n) is 4.28. The maximum Gasteiger partial charge on any atom is 0.128 e. The minimum Gasteiger partial charge on any atom is -0.380 e. The Morgan fingerprint density at radius 1 is 1.28 bits per heavy atom. The van der Waals surface area contributed by atoms with Crippen LogP contribution in [0.1, 0.15) is 16.7 Å². The van der Waals surface area contributed by atoms with Gasteiger partial charge in [0, 0.05) is 12.1 Å². The largest absolute Gasteiger partial charge is 0.380 e. The molecular formula is C14H14BrFN2. The molecule has 0 aliphatic heterocycles. The zero-order chi connectivity index (χ0) is 13.1. The van der Waals surface area contributed by atoms with Gasteiger partial charge in [0.25, 0.3) is 0 Å². The fourth-order valence-corrected chi connectivity index (χ4v) is 1.91. The van der Waals surface area contributed by atoms with Crippen LogP contribution in [0.3, 0.4) is 0 Å². The first kappa shape index (κ1) is 13.0. The van der Waals surface area contributed by atoms with E-state index >= 15 is 0 Å². The van der Waals surface area contributed by atoms with E-state index < -0.39 is 0 Å². The highest BCUT2D eigenvalue weighted by atomic mass is 79.9. The average Bonchev–Trinajstić information content (AvgIpc) is 2.34. The average molecular weight is 309 g/mol. The highest BCUT2D eigenvalue weighted by Crippen LogP contribution is 2.18. The number of nitrogens with zero attached hydrogens (tertiary/aromatic N) is 1. The van der Waals surface area contributed by atoms with Crippen molar-refractivity contribution >= 4 is 21.6 Å². The lowest BCUT2D eigenvalue weighted by atomic mass is 10.1. The predicted octanol–water partition coefficient (Wildman–Crippen LogP) is 4.21. The van der Waals surface area contributed by atoms with E-state index in [-0.39, 0.29) is 5.82 Å². The first-order valence-electron chi connectivity index (χ1n) is 5.67. The molecule has 0 atom stereocenters. The van der Waals surface area contributed by atoms with E-state index in [4.69, 9.17) is 0 Å². The number of hydrogen-bond donors (Lipinski definition) is 1. The molecule has 0 radical (unpaired) electrons. The third-order valence-electron chi connectivity index (χ3n) is 2.70. The van der Waals surface area contributed by atoms with Crippen LogP contribution < -0.4 is 5.32 Å². The molecule has 18 heavy (non-hydrogen) atoms. The van der Waals surface area contributed by atoms with Crippen LogP contribution in [0.4, 0.5) is 10.1 Å². The van der Waals surface area contributed by atoms with Gasteiger partial charge in [-0.3, -0.25) is 0 Å². The molecule has 4 heteroatoms. The van der Waals surface area contributed by atoms with Gasteiger partial charge < -0.3 is 5.32 Å². The Bertz CT molecular complexity index is 570. The molecule has 0 unspecified atom stereocenters. The molecule has 2 nitrogen and oxygen atoms in total. The molecule has 1 heterocycles. The van der Waals surface area contributed by atoms with Gasteiger partial charge in [-0.2, -0.15) is 0 Å². The van der Waals surface area contributed by atoms with E-state index in [0.717, 1.165) is 21.4 Å². The first-order valence-corrected chi connectivity index (χ1v) is 6.46. The number of halogens is 2. The normalized spacial score (nSPS) is 10.4. The summed E-state index contributed by atoms with van der Waals surface area (Å²) in [6.45, 7) is 4.38. The molecule has 0 aliphatic carbocycles. The van der Waals surface area contributed by atoms with Crippen LogP contribution >= 0.6 is 15.9 Å². The summed E-state index contributed by atoms with van der Waals surface area (Å²) in [4.78, 5) is 4.19. The zero-order valence-electron chi connectivity index (χ0n) is 10.3. The Balaban J connectivity index is 2.11. The third kappa shape index (κ3) is 3.07.